The first kappa shape index (κ1) is 13.7. The molecule has 3 unspecified atom stereocenters. The fourth-order valence-corrected chi connectivity index (χ4v) is 2.45. The van der Waals surface area contributed by atoms with Crippen molar-refractivity contribution in [1.82, 2.24) is 5.32 Å². The largest absolute Gasteiger partial charge is 0.377 e. The summed E-state index contributed by atoms with van der Waals surface area (Å²) in [6, 6.07) is 1.12. The number of rotatable bonds is 8. The van der Waals surface area contributed by atoms with Crippen LogP contribution in [0.5, 0.6) is 0 Å². The molecule has 1 fully saturated rings. The maximum absolute atomic E-state index is 5.72. The zero-order chi connectivity index (χ0) is 11.8. The third-order valence-electron chi connectivity index (χ3n) is 3.38. The minimum absolute atomic E-state index is 0.433. The number of ether oxygens (including phenoxy) is 1. The Hall–Kier alpha value is -0.340. The van der Waals surface area contributed by atoms with Crippen LogP contribution < -0.4 is 5.32 Å². The number of hydrogen-bond donors (Lipinski definition) is 1. The molecule has 1 saturated heterocycles. The average Bonchev–Trinajstić information content (AvgIpc) is 2.79. The van der Waals surface area contributed by atoms with Gasteiger partial charge < -0.3 is 10.1 Å². The van der Waals surface area contributed by atoms with E-state index in [0.717, 1.165) is 13.0 Å². The van der Waals surface area contributed by atoms with Crippen LogP contribution in [0, 0.1) is 0 Å². The van der Waals surface area contributed by atoms with Gasteiger partial charge in [0.15, 0.2) is 0 Å². The van der Waals surface area contributed by atoms with Crippen LogP contribution in [0.4, 0.5) is 0 Å². The van der Waals surface area contributed by atoms with Gasteiger partial charge in [-0.05, 0) is 39.0 Å². The molecule has 0 amide bonds. The van der Waals surface area contributed by atoms with Crippen LogP contribution in [0.1, 0.15) is 52.4 Å². The van der Waals surface area contributed by atoms with Crippen molar-refractivity contribution in [3.63, 3.8) is 0 Å². The van der Waals surface area contributed by atoms with Crippen molar-refractivity contribution in [1.29, 1.82) is 0 Å². The predicted molar refractivity (Wildman–Crippen MR) is 69.7 cm³/mol. The zero-order valence-electron chi connectivity index (χ0n) is 10.9. The molecule has 1 aliphatic heterocycles. The maximum Gasteiger partial charge on any atom is 0.0726 e. The lowest BCUT2D eigenvalue weighted by atomic mass is 10.0. The Morgan fingerprint density at radius 1 is 1.50 bits per heavy atom. The molecule has 1 N–H and O–H groups in total. The Morgan fingerprint density at radius 2 is 2.31 bits per heavy atom. The molecule has 0 saturated carbocycles. The summed E-state index contributed by atoms with van der Waals surface area (Å²) >= 11 is 0. The van der Waals surface area contributed by atoms with Crippen molar-refractivity contribution in [3.8, 4) is 0 Å². The van der Waals surface area contributed by atoms with E-state index in [1.54, 1.807) is 0 Å². The topological polar surface area (TPSA) is 21.3 Å². The van der Waals surface area contributed by atoms with Crippen LogP contribution in [0.2, 0.25) is 0 Å². The summed E-state index contributed by atoms with van der Waals surface area (Å²) < 4.78 is 5.72. The second kappa shape index (κ2) is 7.86. The summed E-state index contributed by atoms with van der Waals surface area (Å²) in [6.45, 7) is 9.25. The van der Waals surface area contributed by atoms with E-state index in [4.69, 9.17) is 4.74 Å². The van der Waals surface area contributed by atoms with Gasteiger partial charge in [-0.2, -0.15) is 0 Å². The molecule has 0 spiro atoms. The molecular formula is C14H27NO. The van der Waals surface area contributed by atoms with Gasteiger partial charge in [0, 0.05) is 18.7 Å². The van der Waals surface area contributed by atoms with Crippen LogP contribution >= 0.6 is 0 Å². The van der Waals surface area contributed by atoms with E-state index in [1.807, 2.05) is 6.08 Å². The van der Waals surface area contributed by atoms with Gasteiger partial charge in [-0.25, -0.2) is 0 Å². The van der Waals surface area contributed by atoms with Crippen molar-refractivity contribution in [2.24, 2.45) is 0 Å². The van der Waals surface area contributed by atoms with E-state index in [-0.39, 0.29) is 0 Å². The SMILES string of the molecule is C=CCCC(CCC)NC(C)C1CCCO1. The van der Waals surface area contributed by atoms with E-state index in [0.29, 0.717) is 18.2 Å². The zero-order valence-corrected chi connectivity index (χ0v) is 10.9. The average molecular weight is 225 g/mol. The van der Waals surface area contributed by atoms with Crippen molar-refractivity contribution in [3.05, 3.63) is 12.7 Å². The van der Waals surface area contributed by atoms with Gasteiger partial charge >= 0.3 is 0 Å². The molecule has 1 rings (SSSR count). The third kappa shape index (κ3) is 4.67. The monoisotopic (exact) mass is 225 g/mol. The summed E-state index contributed by atoms with van der Waals surface area (Å²) in [7, 11) is 0. The Labute approximate surface area is 100 Å². The second-order valence-corrected chi connectivity index (χ2v) is 4.86. The fourth-order valence-electron chi connectivity index (χ4n) is 2.45. The highest BCUT2D eigenvalue weighted by Crippen LogP contribution is 2.17. The van der Waals surface area contributed by atoms with Gasteiger partial charge in [-0.3, -0.25) is 0 Å². The smallest absolute Gasteiger partial charge is 0.0726 e. The van der Waals surface area contributed by atoms with Crippen LogP contribution in [0.25, 0.3) is 0 Å². The molecule has 0 radical (unpaired) electrons. The molecule has 0 aromatic rings. The second-order valence-electron chi connectivity index (χ2n) is 4.86. The van der Waals surface area contributed by atoms with Crippen LogP contribution in [0.3, 0.4) is 0 Å². The first-order valence-corrected chi connectivity index (χ1v) is 6.76. The normalized spacial score (nSPS) is 24.2. The van der Waals surface area contributed by atoms with E-state index in [1.165, 1.54) is 32.1 Å². The van der Waals surface area contributed by atoms with E-state index < -0.39 is 0 Å². The highest BCUT2D eigenvalue weighted by atomic mass is 16.5. The predicted octanol–water partition coefficient (Wildman–Crippen LogP) is 3.28. The molecule has 0 aromatic heterocycles. The van der Waals surface area contributed by atoms with Crippen LogP contribution in [-0.4, -0.2) is 24.8 Å². The van der Waals surface area contributed by atoms with E-state index >= 15 is 0 Å². The standard InChI is InChI=1S/C14H27NO/c1-4-6-9-13(8-5-2)15-12(3)14-10-7-11-16-14/h4,12-15H,1,5-11H2,2-3H3. The fraction of sp³-hybridized carbons (Fsp3) is 0.857. The molecule has 2 nitrogen and oxygen atoms in total. The van der Waals surface area contributed by atoms with Gasteiger partial charge in [0.05, 0.1) is 6.10 Å². The summed E-state index contributed by atoms with van der Waals surface area (Å²) in [5.74, 6) is 0. The van der Waals surface area contributed by atoms with E-state index in [2.05, 4.69) is 25.7 Å². The molecule has 1 aliphatic rings. The Kier molecular flexibility index (Phi) is 6.74. The molecule has 16 heavy (non-hydrogen) atoms. The van der Waals surface area contributed by atoms with Gasteiger partial charge in [-0.15, -0.1) is 6.58 Å². The van der Waals surface area contributed by atoms with Gasteiger partial charge in [0.1, 0.15) is 0 Å². The molecule has 2 heteroatoms. The lowest BCUT2D eigenvalue weighted by Crippen LogP contribution is -2.43. The van der Waals surface area contributed by atoms with Crippen LogP contribution in [-0.2, 0) is 4.74 Å². The van der Waals surface area contributed by atoms with Crippen molar-refractivity contribution in [2.75, 3.05) is 6.61 Å². The van der Waals surface area contributed by atoms with Gasteiger partial charge in [0.25, 0.3) is 0 Å². The third-order valence-corrected chi connectivity index (χ3v) is 3.38. The first-order valence-electron chi connectivity index (χ1n) is 6.76. The van der Waals surface area contributed by atoms with Crippen LogP contribution in [0.15, 0.2) is 12.7 Å². The molecule has 94 valence electrons. The Balaban J connectivity index is 2.30. The molecule has 3 atom stereocenters. The lowest BCUT2D eigenvalue weighted by Gasteiger charge is -2.26. The first-order chi connectivity index (χ1) is 7.77. The summed E-state index contributed by atoms with van der Waals surface area (Å²) in [5, 5.41) is 3.72. The van der Waals surface area contributed by atoms with Crippen molar-refractivity contribution in [2.45, 2.75) is 70.6 Å². The molecule has 0 aromatic carbocycles. The van der Waals surface area contributed by atoms with Gasteiger partial charge in [0.2, 0.25) is 0 Å². The van der Waals surface area contributed by atoms with Crippen molar-refractivity contribution >= 4 is 0 Å². The molecule has 0 bridgehead atoms. The Morgan fingerprint density at radius 3 is 2.88 bits per heavy atom. The minimum Gasteiger partial charge on any atom is -0.377 e. The minimum atomic E-state index is 0.433. The number of hydrogen-bond acceptors (Lipinski definition) is 2. The summed E-state index contributed by atoms with van der Waals surface area (Å²) in [4.78, 5) is 0. The summed E-state index contributed by atoms with van der Waals surface area (Å²) in [5.41, 5.74) is 0. The highest BCUT2D eigenvalue weighted by molar-refractivity contribution is 4.82. The molecule has 1 heterocycles. The quantitative estimate of drug-likeness (QED) is 0.640. The maximum atomic E-state index is 5.72. The lowest BCUT2D eigenvalue weighted by molar-refractivity contribution is 0.0787. The Bertz CT molecular complexity index is 187. The van der Waals surface area contributed by atoms with Gasteiger partial charge in [-0.1, -0.05) is 19.4 Å². The highest BCUT2D eigenvalue weighted by Gasteiger charge is 2.23. The van der Waals surface area contributed by atoms with Crippen molar-refractivity contribution < 1.29 is 4.74 Å². The molecule has 0 aliphatic carbocycles. The number of allylic oxidation sites excluding steroid dienone is 1. The molecular weight excluding hydrogens is 198 g/mol. The summed E-state index contributed by atoms with van der Waals surface area (Å²) in [6.07, 6.45) is 9.70. The van der Waals surface area contributed by atoms with E-state index in [9.17, 15) is 0 Å². The number of nitrogens with one attached hydrogen (secondary N) is 1.